The summed E-state index contributed by atoms with van der Waals surface area (Å²) in [4.78, 5) is 12.0. The molecule has 0 aliphatic carbocycles. The molecule has 3 aliphatic heterocycles. The molecule has 0 radical (unpaired) electrons. The molecule has 5 heterocycles. The zero-order chi connectivity index (χ0) is 21.8. The lowest BCUT2D eigenvalue weighted by atomic mass is 9.74. The number of nitrogens with one attached hydrogen (secondary N) is 1. The predicted octanol–water partition coefficient (Wildman–Crippen LogP) is 4.03. The van der Waals surface area contributed by atoms with Crippen molar-refractivity contribution in [1.82, 2.24) is 24.8 Å². The molecular formula is C27H25N5O. The van der Waals surface area contributed by atoms with Gasteiger partial charge in [-0.1, -0.05) is 54.6 Å². The van der Waals surface area contributed by atoms with E-state index in [2.05, 4.69) is 68.3 Å². The van der Waals surface area contributed by atoms with Crippen LogP contribution in [0.4, 0.5) is 0 Å². The first kappa shape index (κ1) is 19.0. The van der Waals surface area contributed by atoms with E-state index in [-0.39, 0.29) is 0 Å². The monoisotopic (exact) mass is 435 g/mol. The van der Waals surface area contributed by atoms with Crippen LogP contribution in [-0.4, -0.2) is 45.6 Å². The Morgan fingerprint density at radius 1 is 0.939 bits per heavy atom. The third-order valence-corrected chi connectivity index (χ3v) is 7.14. The van der Waals surface area contributed by atoms with Crippen LogP contribution < -0.4 is 10.1 Å². The summed E-state index contributed by atoms with van der Waals surface area (Å²) in [5.41, 5.74) is 7.15. The van der Waals surface area contributed by atoms with E-state index >= 15 is 0 Å². The maximum atomic E-state index is 6.05. The number of hydrogen-bond donors (Lipinski definition) is 1. The Morgan fingerprint density at radius 2 is 1.76 bits per heavy atom. The first-order valence-electron chi connectivity index (χ1n) is 11.5. The lowest BCUT2D eigenvalue weighted by molar-refractivity contribution is -0.0444. The second-order valence-electron chi connectivity index (χ2n) is 9.52. The van der Waals surface area contributed by atoms with Crippen molar-refractivity contribution in [3.63, 3.8) is 0 Å². The topological polar surface area (TPSA) is 55.2 Å². The molecule has 0 atom stereocenters. The molecule has 2 saturated heterocycles. The van der Waals surface area contributed by atoms with Gasteiger partial charge in [0.15, 0.2) is 6.73 Å². The molecule has 0 saturated carbocycles. The molecule has 4 aromatic rings. The average molecular weight is 436 g/mol. The van der Waals surface area contributed by atoms with Crippen molar-refractivity contribution < 1.29 is 4.74 Å². The normalized spacial score (nSPS) is 18.1. The van der Waals surface area contributed by atoms with Crippen LogP contribution in [0.3, 0.4) is 0 Å². The fraction of sp³-hybridized carbons (Fsp3) is 0.259. The zero-order valence-electron chi connectivity index (χ0n) is 18.4. The molecule has 2 aromatic heterocycles. The van der Waals surface area contributed by atoms with E-state index in [1.165, 1.54) is 31.7 Å². The standard InChI is InChI=1S/C27H25N5O/c1-2-4-21(5-3-1)25-24(30-26-22-12-28-11-10-23(22)33-18-32(25)26)20-8-6-19(7-9-20)13-31-16-27(17-31)14-29-15-27/h1-12,29H,13-18H2. The van der Waals surface area contributed by atoms with Crippen LogP contribution in [0.25, 0.3) is 33.9 Å². The highest BCUT2D eigenvalue weighted by Gasteiger charge is 2.47. The van der Waals surface area contributed by atoms with Gasteiger partial charge >= 0.3 is 0 Å². The molecule has 0 unspecified atom stereocenters. The summed E-state index contributed by atoms with van der Waals surface area (Å²) in [5.74, 6) is 1.74. The predicted molar refractivity (Wildman–Crippen MR) is 128 cm³/mol. The second-order valence-corrected chi connectivity index (χ2v) is 9.52. The number of likely N-dealkylation sites (tertiary alicyclic amines) is 1. The van der Waals surface area contributed by atoms with Gasteiger partial charge in [-0.2, -0.15) is 0 Å². The summed E-state index contributed by atoms with van der Waals surface area (Å²) in [6, 6.07) is 21.3. The van der Waals surface area contributed by atoms with Crippen molar-refractivity contribution in [2.24, 2.45) is 5.41 Å². The third kappa shape index (κ3) is 3.09. The molecule has 0 bridgehead atoms. The average Bonchev–Trinajstić information content (AvgIpc) is 3.21. The van der Waals surface area contributed by atoms with Crippen molar-refractivity contribution >= 4 is 0 Å². The van der Waals surface area contributed by atoms with Crippen LogP contribution in [0.1, 0.15) is 5.56 Å². The lowest BCUT2D eigenvalue weighted by Crippen LogP contribution is -2.70. The number of pyridine rings is 1. The minimum atomic E-state index is 0.438. The van der Waals surface area contributed by atoms with Crippen LogP contribution in [0.2, 0.25) is 0 Å². The number of benzene rings is 2. The van der Waals surface area contributed by atoms with E-state index in [9.17, 15) is 0 Å². The van der Waals surface area contributed by atoms with Crippen LogP contribution in [0.5, 0.6) is 5.75 Å². The Bertz CT molecular complexity index is 1320. The molecule has 2 aromatic carbocycles. The quantitative estimate of drug-likeness (QED) is 0.525. The SMILES string of the molecule is c1ccc(-c2c(-c3ccc(CN4CC5(CNC5)C4)cc3)nc3n2COc2ccncc2-3)cc1. The highest BCUT2D eigenvalue weighted by atomic mass is 16.5. The lowest BCUT2D eigenvalue weighted by Gasteiger charge is -2.56. The molecule has 2 fully saturated rings. The Balaban J connectivity index is 1.25. The Morgan fingerprint density at radius 3 is 2.52 bits per heavy atom. The van der Waals surface area contributed by atoms with Crippen LogP contribution in [-0.2, 0) is 13.3 Å². The minimum absolute atomic E-state index is 0.438. The number of fused-ring (bicyclic) bond motifs is 3. The number of imidazole rings is 1. The van der Waals surface area contributed by atoms with Gasteiger partial charge in [0, 0.05) is 61.7 Å². The van der Waals surface area contributed by atoms with Crippen molar-refractivity contribution in [1.29, 1.82) is 0 Å². The van der Waals surface area contributed by atoms with Crippen LogP contribution in [0, 0.1) is 5.41 Å². The molecule has 33 heavy (non-hydrogen) atoms. The van der Waals surface area contributed by atoms with Gasteiger partial charge in [0.25, 0.3) is 0 Å². The second kappa shape index (κ2) is 7.27. The first-order valence-corrected chi connectivity index (χ1v) is 11.5. The van der Waals surface area contributed by atoms with Gasteiger partial charge in [-0.3, -0.25) is 14.5 Å². The molecular weight excluding hydrogens is 410 g/mol. The maximum Gasteiger partial charge on any atom is 0.167 e. The van der Waals surface area contributed by atoms with Gasteiger partial charge in [0.2, 0.25) is 0 Å². The van der Waals surface area contributed by atoms with Gasteiger partial charge in [-0.25, -0.2) is 4.98 Å². The van der Waals surface area contributed by atoms with Gasteiger partial charge < -0.3 is 10.1 Å². The summed E-state index contributed by atoms with van der Waals surface area (Å²) < 4.78 is 8.21. The van der Waals surface area contributed by atoms with E-state index in [1.807, 2.05) is 18.3 Å². The molecule has 6 heteroatoms. The molecule has 6 nitrogen and oxygen atoms in total. The number of nitrogens with zero attached hydrogens (tertiary/aromatic N) is 4. The summed E-state index contributed by atoms with van der Waals surface area (Å²) in [5, 5.41) is 3.41. The number of ether oxygens (including phenoxy) is 1. The summed E-state index contributed by atoms with van der Waals surface area (Å²) >= 11 is 0. The fourth-order valence-electron chi connectivity index (χ4n) is 5.43. The Labute approximate surface area is 192 Å². The van der Waals surface area contributed by atoms with E-state index in [0.29, 0.717) is 12.1 Å². The molecule has 3 aliphatic rings. The molecule has 0 amide bonds. The Hall–Kier alpha value is -3.48. The number of aromatic nitrogens is 3. The maximum absolute atomic E-state index is 6.05. The summed E-state index contributed by atoms with van der Waals surface area (Å²) in [6.07, 6.45) is 3.60. The van der Waals surface area contributed by atoms with Crippen molar-refractivity contribution in [3.8, 4) is 39.7 Å². The van der Waals surface area contributed by atoms with E-state index in [0.717, 1.165) is 46.2 Å². The van der Waals surface area contributed by atoms with E-state index in [4.69, 9.17) is 9.72 Å². The van der Waals surface area contributed by atoms with Crippen LogP contribution >= 0.6 is 0 Å². The third-order valence-electron chi connectivity index (χ3n) is 7.14. The van der Waals surface area contributed by atoms with Crippen LogP contribution in [0.15, 0.2) is 73.1 Å². The molecule has 164 valence electrons. The minimum Gasteiger partial charge on any atom is -0.472 e. The zero-order valence-corrected chi connectivity index (χ0v) is 18.4. The van der Waals surface area contributed by atoms with Crippen molar-refractivity contribution in [2.75, 3.05) is 26.2 Å². The van der Waals surface area contributed by atoms with Gasteiger partial charge in [0.1, 0.15) is 11.6 Å². The highest BCUT2D eigenvalue weighted by molar-refractivity contribution is 5.83. The van der Waals surface area contributed by atoms with E-state index < -0.39 is 0 Å². The number of hydrogen-bond acceptors (Lipinski definition) is 5. The smallest absolute Gasteiger partial charge is 0.167 e. The van der Waals surface area contributed by atoms with Crippen molar-refractivity contribution in [3.05, 3.63) is 78.6 Å². The van der Waals surface area contributed by atoms with Gasteiger partial charge in [-0.15, -0.1) is 0 Å². The number of rotatable bonds is 4. The molecule has 1 spiro atoms. The van der Waals surface area contributed by atoms with Crippen molar-refractivity contribution in [2.45, 2.75) is 13.3 Å². The molecule has 1 N–H and O–H groups in total. The summed E-state index contributed by atoms with van der Waals surface area (Å²) in [7, 11) is 0. The fourth-order valence-corrected chi connectivity index (χ4v) is 5.43. The van der Waals surface area contributed by atoms with Gasteiger partial charge in [-0.05, 0) is 11.6 Å². The largest absolute Gasteiger partial charge is 0.472 e. The Kier molecular flexibility index (Phi) is 4.19. The highest BCUT2D eigenvalue weighted by Crippen LogP contribution is 2.41. The first-order chi connectivity index (χ1) is 16.3. The summed E-state index contributed by atoms with van der Waals surface area (Å²) in [6.45, 7) is 6.23. The van der Waals surface area contributed by atoms with Gasteiger partial charge in [0.05, 0.1) is 17.0 Å². The molecule has 7 rings (SSSR count). The van der Waals surface area contributed by atoms with E-state index in [1.54, 1.807) is 6.20 Å².